The number of nitro benzene ring substituents is 1. The van der Waals surface area contributed by atoms with Crippen molar-refractivity contribution in [2.24, 2.45) is 0 Å². The molecule has 5 heteroatoms. The van der Waals surface area contributed by atoms with E-state index in [0.717, 1.165) is 0 Å². The van der Waals surface area contributed by atoms with Crippen molar-refractivity contribution < 1.29 is 4.92 Å². The minimum atomic E-state index is -0.725. The summed E-state index contributed by atoms with van der Waals surface area (Å²) in [6.07, 6.45) is 0. The molecular formula is C8H3N3O2. The number of nitriles is 2. The first-order valence-corrected chi connectivity index (χ1v) is 3.28. The molecule has 13 heavy (non-hydrogen) atoms. The van der Waals surface area contributed by atoms with E-state index in [1.807, 2.05) is 0 Å². The van der Waals surface area contributed by atoms with Gasteiger partial charge >= 0.3 is 5.69 Å². The minimum Gasteiger partial charge on any atom is -0.258 e. The first-order valence-electron chi connectivity index (χ1n) is 3.28. The Labute approximate surface area is 73.6 Å². The molecule has 0 spiro atoms. The molecule has 0 amide bonds. The fourth-order valence-corrected chi connectivity index (χ4v) is 0.921. The van der Waals surface area contributed by atoms with Crippen molar-refractivity contribution in [3.63, 3.8) is 0 Å². The lowest BCUT2D eigenvalue weighted by Crippen LogP contribution is -1.95. The van der Waals surface area contributed by atoms with Crippen molar-refractivity contribution in [3.05, 3.63) is 39.4 Å². The van der Waals surface area contributed by atoms with Crippen molar-refractivity contribution in [1.29, 1.82) is 10.5 Å². The molecule has 0 aliphatic heterocycles. The quantitative estimate of drug-likeness (QED) is 0.473. The first-order chi connectivity index (χ1) is 6.20. The topological polar surface area (TPSA) is 90.7 Å². The molecule has 5 nitrogen and oxygen atoms in total. The van der Waals surface area contributed by atoms with E-state index in [1.165, 1.54) is 18.2 Å². The molecule has 62 valence electrons. The molecule has 1 aromatic carbocycles. The first kappa shape index (κ1) is 8.69. The predicted octanol–water partition coefficient (Wildman–Crippen LogP) is 1.34. The van der Waals surface area contributed by atoms with Gasteiger partial charge in [0.15, 0.2) is 0 Å². The van der Waals surface area contributed by atoms with Crippen molar-refractivity contribution in [2.45, 2.75) is 0 Å². The van der Waals surface area contributed by atoms with Gasteiger partial charge in [-0.2, -0.15) is 10.5 Å². The Balaban J connectivity index is 3.52. The third-order valence-corrected chi connectivity index (χ3v) is 1.46. The van der Waals surface area contributed by atoms with Crippen LogP contribution in [0.15, 0.2) is 18.2 Å². The van der Waals surface area contributed by atoms with Gasteiger partial charge in [0.1, 0.15) is 23.3 Å². The highest BCUT2D eigenvalue weighted by molar-refractivity contribution is 5.58. The molecule has 0 saturated carbocycles. The molecule has 0 heterocycles. The van der Waals surface area contributed by atoms with E-state index in [4.69, 9.17) is 10.5 Å². The summed E-state index contributed by atoms with van der Waals surface area (Å²) < 4.78 is 0. The molecule has 0 unspecified atom stereocenters. The van der Waals surface area contributed by atoms with Crippen LogP contribution >= 0.6 is 0 Å². The lowest BCUT2D eigenvalue weighted by molar-refractivity contribution is -0.385. The Morgan fingerprint density at radius 3 is 2.00 bits per heavy atom. The molecule has 0 aliphatic rings. The summed E-state index contributed by atoms with van der Waals surface area (Å²) in [4.78, 5) is 9.74. The molecule has 0 atom stereocenters. The molecule has 0 N–H and O–H groups in total. The van der Waals surface area contributed by atoms with E-state index in [1.54, 1.807) is 12.1 Å². The largest absolute Gasteiger partial charge is 0.304 e. The van der Waals surface area contributed by atoms with Crippen LogP contribution in [0.2, 0.25) is 0 Å². The Morgan fingerprint density at radius 2 is 1.69 bits per heavy atom. The molecule has 0 saturated heterocycles. The number of hydrogen-bond acceptors (Lipinski definition) is 4. The summed E-state index contributed by atoms with van der Waals surface area (Å²) >= 11 is 0. The zero-order chi connectivity index (χ0) is 9.84. The second kappa shape index (κ2) is 3.33. The van der Waals surface area contributed by atoms with E-state index in [-0.39, 0.29) is 11.1 Å². The van der Waals surface area contributed by atoms with Crippen LogP contribution in [0.1, 0.15) is 11.1 Å². The van der Waals surface area contributed by atoms with Gasteiger partial charge in [-0.15, -0.1) is 0 Å². The van der Waals surface area contributed by atoms with Crippen LogP contribution in [0.4, 0.5) is 5.69 Å². The normalized spacial score (nSPS) is 8.46. The summed E-state index contributed by atoms with van der Waals surface area (Å²) in [5, 5.41) is 27.5. The van der Waals surface area contributed by atoms with Crippen LogP contribution < -0.4 is 0 Å². The van der Waals surface area contributed by atoms with Crippen molar-refractivity contribution in [2.75, 3.05) is 0 Å². The maximum atomic E-state index is 10.5. The Hall–Kier alpha value is -2.40. The Kier molecular flexibility index (Phi) is 2.23. The predicted molar refractivity (Wildman–Crippen MR) is 42.5 cm³/mol. The second-order valence-corrected chi connectivity index (χ2v) is 2.18. The molecule has 1 rings (SSSR count). The summed E-state index contributed by atoms with van der Waals surface area (Å²) in [5.41, 5.74) is -0.611. The minimum absolute atomic E-state index is 0.0935. The summed E-state index contributed by atoms with van der Waals surface area (Å²) in [7, 11) is 0. The number of nitro groups is 1. The standard InChI is InChI=1S/C8H3N3O2/c9-4-6-2-1-3-7(5-10)8(6)11(12)13/h1-3H. The molecule has 0 aromatic heterocycles. The van der Waals surface area contributed by atoms with Gasteiger partial charge in [-0.25, -0.2) is 0 Å². The SMILES string of the molecule is N#Cc1cccc(C#N)c1[N+](=O)[O-]. The highest BCUT2D eigenvalue weighted by Crippen LogP contribution is 2.21. The van der Waals surface area contributed by atoms with Gasteiger partial charge in [-0.3, -0.25) is 10.1 Å². The van der Waals surface area contributed by atoms with Crippen LogP contribution in [0.3, 0.4) is 0 Å². The molecular weight excluding hydrogens is 170 g/mol. The molecule has 0 radical (unpaired) electrons. The van der Waals surface area contributed by atoms with Crippen LogP contribution in [0, 0.1) is 32.8 Å². The van der Waals surface area contributed by atoms with Gasteiger partial charge in [0.05, 0.1) is 4.92 Å². The van der Waals surface area contributed by atoms with Crippen molar-refractivity contribution in [3.8, 4) is 12.1 Å². The van der Waals surface area contributed by atoms with Gasteiger partial charge in [0.2, 0.25) is 0 Å². The number of benzene rings is 1. The second-order valence-electron chi connectivity index (χ2n) is 2.18. The van der Waals surface area contributed by atoms with Gasteiger partial charge in [0, 0.05) is 0 Å². The zero-order valence-corrected chi connectivity index (χ0v) is 6.39. The fraction of sp³-hybridized carbons (Fsp3) is 0. The lowest BCUT2D eigenvalue weighted by atomic mass is 10.1. The smallest absolute Gasteiger partial charge is 0.258 e. The number of rotatable bonds is 1. The zero-order valence-electron chi connectivity index (χ0n) is 6.39. The van der Waals surface area contributed by atoms with Gasteiger partial charge in [0.25, 0.3) is 0 Å². The van der Waals surface area contributed by atoms with Gasteiger partial charge < -0.3 is 0 Å². The van der Waals surface area contributed by atoms with Gasteiger partial charge in [-0.05, 0) is 12.1 Å². The third kappa shape index (κ3) is 1.44. The molecule has 0 fully saturated rings. The maximum Gasteiger partial charge on any atom is 0.304 e. The van der Waals surface area contributed by atoms with Gasteiger partial charge in [-0.1, -0.05) is 6.07 Å². The lowest BCUT2D eigenvalue weighted by Gasteiger charge is -1.94. The summed E-state index contributed by atoms with van der Waals surface area (Å²) in [6.45, 7) is 0. The van der Waals surface area contributed by atoms with Crippen LogP contribution in [-0.2, 0) is 0 Å². The summed E-state index contributed by atoms with van der Waals surface area (Å²) in [6, 6.07) is 7.36. The highest BCUT2D eigenvalue weighted by atomic mass is 16.6. The monoisotopic (exact) mass is 173 g/mol. The third-order valence-electron chi connectivity index (χ3n) is 1.46. The van der Waals surface area contributed by atoms with Crippen LogP contribution in [0.5, 0.6) is 0 Å². The average Bonchev–Trinajstić information content (AvgIpc) is 2.16. The van der Waals surface area contributed by atoms with Crippen molar-refractivity contribution >= 4 is 5.69 Å². The van der Waals surface area contributed by atoms with E-state index in [2.05, 4.69) is 0 Å². The van der Waals surface area contributed by atoms with E-state index in [9.17, 15) is 10.1 Å². The Bertz CT molecular complexity index is 407. The van der Waals surface area contributed by atoms with E-state index in [0.29, 0.717) is 0 Å². The van der Waals surface area contributed by atoms with Crippen LogP contribution in [-0.4, -0.2) is 4.92 Å². The number of nitrogens with zero attached hydrogens (tertiary/aromatic N) is 3. The molecule has 0 bridgehead atoms. The highest BCUT2D eigenvalue weighted by Gasteiger charge is 2.18. The van der Waals surface area contributed by atoms with Crippen LogP contribution in [0.25, 0.3) is 0 Å². The van der Waals surface area contributed by atoms with E-state index >= 15 is 0 Å². The summed E-state index contributed by atoms with van der Waals surface area (Å²) in [5.74, 6) is 0. The Morgan fingerprint density at radius 1 is 1.23 bits per heavy atom. The van der Waals surface area contributed by atoms with Crippen molar-refractivity contribution in [1.82, 2.24) is 0 Å². The maximum absolute atomic E-state index is 10.5. The molecule has 0 aliphatic carbocycles. The van der Waals surface area contributed by atoms with E-state index < -0.39 is 10.6 Å². The number of hydrogen-bond donors (Lipinski definition) is 0. The number of para-hydroxylation sites is 1. The molecule has 1 aromatic rings. The fourth-order valence-electron chi connectivity index (χ4n) is 0.921. The average molecular weight is 173 g/mol.